The van der Waals surface area contributed by atoms with E-state index >= 15 is 0 Å². The molecule has 0 bridgehead atoms. The highest BCUT2D eigenvalue weighted by Gasteiger charge is 2.41. The zero-order chi connectivity index (χ0) is 11.4. The summed E-state index contributed by atoms with van der Waals surface area (Å²) in [7, 11) is -3.02. The van der Waals surface area contributed by atoms with E-state index < -0.39 is 9.84 Å². The molecule has 1 fully saturated rings. The van der Waals surface area contributed by atoms with E-state index in [4.69, 9.17) is 4.74 Å². The molecule has 0 N–H and O–H groups in total. The van der Waals surface area contributed by atoms with Gasteiger partial charge in [-0.3, -0.25) is 0 Å². The van der Waals surface area contributed by atoms with Crippen LogP contribution in [-0.4, -0.2) is 20.8 Å². The molecule has 1 saturated heterocycles. The number of aryl methyl sites for hydroxylation is 1. The summed E-state index contributed by atoms with van der Waals surface area (Å²) in [6.07, 6.45) is 1.59. The molecule has 0 aliphatic carbocycles. The Hall–Kier alpha value is -0.870. The van der Waals surface area contributed by atoms with Crippen molar-refractivity contribution < 1.29 is 13.2 Å². The van der Waals surface area contributed by atoms with E-state index in [1.165, 1.54) is 0 Å². The van der Waals surface area contributed by atoms with Crippen LogP contribution in [0.1, 0.15) is 24.5 Å². The van der Waals surface area contributed by atoms with Gasteiger partial charge in [-0.05, 0) is 37.0 Å². The summed E-state index contributed by atoms with van der Waals surface area (Å²) in [5.74, 6) is 0.285. The van der Waals surface area contributed by atoms with Crippen LogP contribution in [0.15, 0.2) is 23.1 Å². The molecular weight excluding hydrogens is 224 g/mol. The van der Waals surface area contributed by atoms with Crippen LogP contribution in [0.25, 0.3) is 0 Å². The summed E-state index contributed by atoms with van der Waals surface area (Å²) in [5.41, 5.74) is 1.89. The first-order valence-electron chi connectivity index (χ1n) is 5.51. The number of benzene rings is 1. The van der Waals surface area contributed by atoms with Gasteiger partial charge < -0.3 is 4.74 Å². The van der Waals surface area contributed by atoms with E-state index in [2.05, 4.69) is 0 Å². The van der Waals surface area contributed by atoms with E-state index in [1.807, 2.05) is 19.1 Å². The van der Waals surface area contributed by atoms with Gasteiger partial charge in [0.2, 0.25) is 0 Å². The molecule has 0 spiro atoms. The lowest BCUT2D eigenvalue weighted by molar-refractivity contribution is 0.329. The topological polar surface area (TPSA) is 46.7 Å². The van der Waals surface area contributed by atoms with E-state index in [1.54, 1.807) is 6.07 Å². The number of sulfone groups is 1. The van der Waals surface area contributed by atoms with Crippen LogP contribution in [0.4, 0.5) is 0 Å². The Labute approximate surface area is 95.3 Å². The normalized spacial score (nSPS) is 30.8. The SMILES string of the molecule is CC1(c2ccc3c(c2)CCCS3(=O)=O)CO1. The number of ether oxygens (including phenoxy) is 1. The van der Waals surface area contributed by atoms with Gasteiger partial charge in [0.05, 0.1) is 17.3 Å². The molecule has 3 rings (SSSR count). The van der Waals surface area contributed by atoms with Crippen molar-refractivity contribution in [2.24, 2.45) is 0 Å². The average Bonchev–Trinajstić information content (AvgIpc) is 2.97. The van der Waals surface area contributed by atoms with Gasteiger partial charge in [0.25, 0.3) is 0 Å². The van der Waals surface area contributed by atoms with Gasteiger partial charge in [0, 0.05) is 0 Å². The lowest BCUT2D eigenvalue weighted by Crippen LogP contribution is -2.17. The molecule has 3 nitrogen and oxygen atoms in total. The number of hydrogen-bond donors (Lipinski definition) is 0. The largest absolute Gasteiger partial charge is 0.365 e. The van der Waals surface area contributed by atoms with Crippen molar-refractivity contribution >= 4 is 9.84 Å². The second-order valence-corrected chi connectivity index (χ2v) is 6.84. The number of epoxide rings is 1. The molecule has 1 aromatic carbocycles. The van der Waals surface area contributed by atoms with Crippen molar-refractivity contribution in [2.45, 2.75) is 30.3 Å². The van der Waals surface area contributed by atoms with E-state index in [0.29, 0.717) is 4.90 Å². The first kappa shape index (κ1) is 10.3. The zero-order valence-electron chi connectivity index (χ0n) is 9.19. The van der Waals surface area contributed by atoms with Crippen molar-refractivity contribution in [1.29, 1.82) is 0 Å². The van der Waals surface area contributed by atoms with Gasteiger partial charge in [-0.1, -0.05) is 12.1 Å². The maximum atomic E-state index is 11.8. The smallest absolute Gasteiger partial charge is 0.178 e. The molecule has 0 aromatic heterocycles. The molecule has 4 heteroatoms. The molecule has 1 atom stereocenters. The van der Waals surface area contributed by atoms with Crippen LogP contribution in [0, 0.1) is 0 Å². The Morgan fingerprint density at radius 3 is 2.81 bits per heavy atom. The van der Waals surface area contributed by atoms with Crippen LogP contribution >= 0.6 is 0 Å². The minimum atomic E-state index is -3.02. The third kappa shape index (κ3) is 1.48. The van der Waals surface area contributed by atoms with Crippen molar-refractivity contribution in [3.05, 3.63) is 29.3 Å². The second kappa shape index (κ2) is 3.08. The predicted octanol–water partition coefficient (Wildman–Crippen LogP) is 1.65. The highest BCUT2D eigenvalue weighted by Crippen LogP contribution is 2.39. The first-order chi connectivity index (χ1) is 7.51. The quantitative estimate of drug-likeness (QED) is 0.699. The fourth-order valence-corrected chi connectivity index (χ4v) is 3.82. The summed E-state index contributed by atoms with van der Waals surface area (Å²) in [4.78, 5) is 0.520. The molecule has 2 aliphatic rings. The van der Waals surface area contributed by atoms with Gasteiger partial charge in [0.15, 0.2) is 9.84 Å². The van der Waals surface area contributed by atoms with Gasteiger partial charge in [-0.2, -0.15) is 0 Å². The summed E-state index contributed by atoms with van der Waals surface area (Å²) < 4.78 is 29.0. The Morgan fingerprint density at radius 2 is 2.12 bits per heavy atom. The fourth-order valence-electron chi connectivity index (χ4n) is 2.24. The summed E-state index contributed by atoms with van der Waals surface area (Å²) in [6, 6.07) is 5.62. The Kier molecular flexibility index (Phi) is 1.98. The van der Waals surface area contributed by atoms with Gasteiger partial charge in [0.1, 0.15) is 5.60 Å². The fraction of sp³-hybridized carbons (Fsp3) is 0.500. The Bertz CT molecular complexity index is 541. The minimum absolute atomic E-state index is 0.170. The molecule has 86 valence electrons. The highest BCUT2D eigenvalue weighted by molar-refractivity contribution is 7.91. The third-order valence-electron chi connectivity index (χ3n) is 3.44. The molecule has 2 heterocycles. The summed E-state index contributed by atoms with van der Waals surface area (Å²) in [5, 5.41) is 0. The second-order valence-electron chi connectivity index (χ2n) is 4.76. The van der Waals surface area contributed by atoms with Crippen molar-refractivity contribution in [1.82, 2.24) is 0 Å². The van der Waals surface area contributed by atoms with Crippen LogP contribution < -0.4 is 0 Å². The molecule has 16 heavy (non-hydrogen) atoms. The van der Waals surface area contributed by atoms with Gasteiger partial charge in [-0.25, -0.2) is 8.42 Å². The van der Waals surface area contributed by atoms with Crippen LogP contribution in [0.3, 0.4) is 0 Å². The number of fused-ring (bicyclic) bond motifs is 1. The van der Waals surface area contributed by atoms with Crippen LogP contribution in [0.5, 0.6) is 0 Å². The molecule has 0 saturated carbocycles. The van der Waals surface area contributed by atoms with Gasteiger partial charge >= 0.3 is 0 Å². The standard InChI is InChI=1S/C12H14O3S/c1-12(8-15-12)10-4-5-11-9(7-10)3-2-6-16(11,13)14/h4-5,7H,2-3,6,8H2,1H3. The van der Waals surface area contributed by atoms with E-state index in [9.17, 15) is 8.42 Å². The van der Waals surface area contributed by atoms with Crippen molar-refractivity contribution in [3.8, 4) is 0 Å². The molecule has 1 unspecified atom stereocenters. The highest BCUT2D eigenvalue weighted by atomic mass is 32.2. The monoisotopic (exact) mass is 238 g/mol. The summed E-state index contributed by atoms with van der Waals surface area (Å²) >= 11 is 0. The molecule has 0 radical (unpaired) electrons. The lowest BCUT2D eigenvalue weighted by Gasteiger charge is -2.18. The minimum Gasteiger partial charge on any atom is -0.365 e. The first-order valence-corrected chi connectivity index (χ1v) is 7.17. The molecule has 1 aromatic rings. The molecular formula is C12H14O3S. The predicted molar refractivity (Wildman–Crippen MR) is 60.1 cm³/mol. The maximum absolute atomic E-state index is 11.8. The number of hydrogen-bond acceptors (Lipinski definition) is 3. The summed E-state index contributed by atoms with van der Waals surface area (Å²) in [6.45, 7) is 2.77. The van der Waals surface area contributed by atoms with E-state index in [0.717, 1.165) is 30.6 Å². The number of rotatable bonds is 1. The lowest BCUT2D eigenvalue weighted by atomic mass is 9.98. The molecule has 2 aliphatic heterocycles. The Morgan fingerprint density at radius 1 is 1.38 bits per heavy atom. The molecule has 0 amide bonds. The third-order valence-corrected chi connectivity index (χ3v) is 5.34. The van der Waals surface area contributed by atoms with Crippen LogP contribution in [0.2, 0.25) is 0 Å². The van der Waals surface area contributed by atoms with E-state index in [-0.39, 0.29) is 11.4 Å². The van der Waals surface area contributed by atoms with Gasteiger partial charge in [-0.15, -0.1) is 0 Å². The van der Waals surface area contributed by atoms with Crippen molar-refractivity contribution in [2.75, 3.05) is 12.4 Å². The Balaban J connectivity index is 2.12. The van der Waals surface area contributed by atoms with Crippen LogP contribution in [-0.2, 0) is 26.6 Å². The maximum Gasteiger partial charge on any atom is 0.178 e. The average molecular weight is 238 g/mol. The zero-order valence-corrected chi connectivity index (χ0v) is 10.0. The van der Waals surface area contributed by atoms with Crippen molar-refractivity contribution in [3.63, 3.8) is 0 Å².